The maximum atomic E-state index is 9.50. The summed E-state index contributed by atoms with van der Waals surface area (Å²) in [5.74, 6) is 1.00. The fourth-order valence-electron chi connectivity index (χ4n) is 1.74. The van der Waals surface area contributed by atoms with Gasteiger partial charge in [-0.1, -0.05) is 31.5 Å². The van der Waals surface area contributed by atoms with Crippen LogP contribution in [0.1, 0.15) is 19.4 Å². The Morgan fingerprint density at radius 3 is 1.94 bits per heavy atom. The Morgan fingerprint density at radius 1 is 1.00 bits per heavy atom. The first-order valence-electron chi connectivity index (χ1n) is 6.12. The number of rotatable bonds is 1. The minimum absolute atomic E-state index is 0.501. The summed E-state index contributed by atoms with van der Waals surface area (Å²) < 4.78 is 19.0. The van der Waals surface area contributed by atoms with Crippen molar-refractivity contribution in [2.45, 2.75) is 20.8 Å². The van der Waals surface area contributed by atoms with Gasteiger partial charge in [-0.05, 0) is 19.1 Å². The molecule has 2 rings (SSSR count). The van der Waals surface area contributed by atoms with E-state index in [2.05, 4.69) is 36.1 Å². The van der Waals surface area contributed by atoms with E-state index in [1.807, 2.05) is 13.8 Å². The highest BCUT2D eigenvalue weighted by molar-refractivity contribution is 8.24. The zero-order valence-electron chi connectivity index (χ0n) is 10.9. The lowest BCUT2D eigenvalue weighted by Crippen LogP contribution is -2.38. The van der Waals surface area contributed by atoms with Gasteiger partial charge in [-0.25, -0.2) is 0 Å². The van der Waals surface area contributed by atoms with Crippen LogP contribution in [-0.4, -0.2) is 33.7 Å². The summed E-state index contributed by atoms with van der Waals surface area (Å²) in [4.78, 5) is 2.21. The Bertz CT molecular complexity index is 328. The Morgan fingerprint density at radius 2 is 1.47 bits per heavy atom. The SMILES string of the molecule is CC.Cc1ccc(N2CCS(O)(O)CC2)cc1. The summed E-state index contributed by atoms with van der Waals surface area (Å²) in [6.45, 7) is 7.55. The van der Waals surface area contributed by atoms with Crippen molar-refractivity contribution in [2.24, 2.45) is 0 Å². The third-order valence-electron chi connectivity index (χ3n) is 2.78. The van der Waals surface area contributed by atoms with Crippen LogP contribution in [0.25, 0.3) is 0 Å². The number of nitrogens with zero attached hydrogens (tertiary/aromatic N) is 1. The Kier molecular flexibility index (Phi) is 5.31. The molecule has 0 spiro atoms. The molecule has 0 unspecified atom stereocenters. The summed E-state index contributed by atoms with van der Waals surface area (Å²) >= 11 is 0. The molecule has 1 saturated heterocycles. The number of hydrogen-bond donors (Lipinski definition) is 2. The lowest BCUT2D eigenvalue weighted by molar-refractivity contribution is 0.479. The maximum Gasteiger partial charge on any atom is 0.0550 e. The molecule has 98 valence electrons. The van der Waals surface area contributed by atoms with Crippen molar-refractivity contribution in [3.8, 4) is 0 Å². The molecule has 0 aliphatic carbocycles. The van der Waals surface area contributed by atoms with E-state index >= 15 is 0 Å². The molecule has 0 radical (unpaired) electrons. The molecule has 1 aliphatic rings. The van der Waals surface area contributed by atoms with Crippen molar-refractivity contribution in [1.29, 1.82) is 0 Å². The number of anilines is 1. The largest absolute Gasteiger partial charge is 0.368 e. The van der Waals surface area contributed by atoms with E-state index in [9.17, 15) is 9.11 Å². The second-order valence-corrected chi connectivity index (χ2v) is 6.45. The summed E-state index contributed by atoms with van der Waals surface area (Å²) in [5.41, 5.74) is 2.43. The van der Waals surface area contributed by atoms with Gasteiger partial charge in [0.1, 0.15) is 0 Å². The smallest absolute Gasteiger partial charge is 0.0550 e. The lowest BCUT2D eigenvalue weighted by Gasteiger charge is -2.41. The molecular formula is C13H23NO2S. The van der Waals surface area contributed by atoms with E-state index < -0.39 is 10.6 Å². The molecule has 1 aromatic carbocycles. The molecule has 1 heterocycles. The second-order valence-electron chi connectivity index (χ2n) is 4.03. The first kappa shape index (κ1) is 14.4. The van der Waals surface area contributed by atoms with E-state index in [1.165, 1.54) is 11.3 Å². The highest BCUT2D eigenvalue weighted by Gasteiger charge is 2.21. The molecule has 2 N–H and O–H groups in total. The topological polar surface area (TPSA) is 43.7 Å². The van der Waals surface area contributed by atoms with Gasteiger partial charge < -0.3 is 4.90 Å². The van der Waals surface area contributed by atoms with Crippen molar-refractivity contribution < 1.29 is 9.11 Å². The minimum Gasteiger partial charge on any atom is -0.368 e. The van der Waals surface area contributed by atoms with E-state index in [-0.39, 0.29) is 0 Å². The van der Waals surface area contributed by atoms with Crippen LogP contribution in [-0.2, 0) is 0 Å². The van der Waals surface area contributed by atoms with Crippen LogP contribution in [0.3, 0.4) is 0 Å². The van der Waals surface area contributed by atoms with Crippen LogP contribution in [0.4, 0.5) is 5.69 Å². The van der Waals surface area contributed by atoms with Crippen LogP contribution >= 0.6 is 10.6 Å². The molecular weight excluding hydrogens is 234 g/mol. The quantitative estimate of drug-likeness (QED) is 0.808. The first-order valence-corrected chi connectivity index (χ1v) is 8.00. The van der Waals surface area contributed by atoms with Crippen LogP contribution in [0.15, 0.2) is 24.3 Å². The Labute approximate surface area is 106 Å². The van der Waals surface area contributed by atoms with Crippen molar-refractivity contribution in [3.63, 3.8) is 0 Å². The number of aryl methyl sites for hydroxylation is 1. The Hall–Kier alpha value is -0.710. The zero-order chi connectivity index (χ0) is 12.9. The predicted octanol–water partition coefficient (Wildman–Crippen LogP) is 3.59. The predicted molar refractivity (Wildman–Crippen MR) is 77.3 cm³/mol. The minimum atomic E-state index is -2.27. The van der Waals surface area contributed by atoms with E-state index in [1.54, 1.807) is 0 Å². The van der Waals surface area contributed by atoms with Crippen molar-refractivity contribution in [2.75, 3.05) is 29.5 Å². The van der Waals surface area contributed by atoms with E-state index in [0.717, 1.165) is 13.1 Å². The molecule has 0 atom stereocenters. The molecule has 0 aromatic heterocycles. The maximum absolute atomic E-state index is 9.50. The fraction of sp³-hybridized carbons (Fsp3) is 0.538. The molecule has 1 aromatic rings. The van der Waals surface area contributed by atoms with Crippen LogP contribution in [0.5, 0.6) is 0 Å². The molecule has 17 heavy (non-hydrogen) atoms. The van der Waals surface area contributed by atoms with Gasteiger partial charge in [-0.15, -0.1) is 0 Å². The summed E-state index contributed by atoms with van der Waals surface area (Å²) in [6, 6.07) is 8.35. The number of hydrogen-bond acceptors (Lipinski definition) is 3. The molecule has 1 aliphatic heterocycles. The normalized spacial score (nSPS) is 20.2. The van der Waals surface area contributed by atoms with E-state index in [4.69, 9.17) is 0 Å². The standard InChI is InChI=1S/C11H17NO2S.C2H6/c1-10-2-4-11(5-3-10)12-6-8-15(13,14)9-7-12;1-2/h2-5,13-14H,6-9H2,1H3;1-2H3. The van der Waals surface area contributed by atoms with Gasteiger partial charge in [-0.2, -0.15) is 10.6 Å². The van der Waals surface area contributed by atoms with Gasteiger partial charge in [-0.3, -0.25) is 9.11 Å². The average Bonchev–Trinajstić information content (AvgIpc) is 2.33. The van der Waals surface area contributed by atoms with Gasteiger partial charge in [0.05, 0.1) is 11.5 Å². The monoisotopic (exact) mass is 257 g/mol. The van der Waals surface area contributed by atoms with Crippen LogP contribution in [0, 0.1) is 6.92 Å². The average molecular weight is 257 g/mol. The highest BCUT2D eigenvalue weighted by Crippen LogP contribution is 2.41. The zero-order valence-corrected chi connectivity index (χ0v) is 11.7. The molecule has 1 fully saturated rings. The Balaban J connectivity index is 0.000000686. The van der Waals surface area contributed by atoms with Gasteiger partial charge >= 0.3 is 0 Å². The summed E-state index contributed by atoms with van der Waals surface area (Å²) in [5, 5.41) is 0. The van der Waals surface area contributed by atoms with Gasteiger partial charge in [0.25, 0.3) is 0 Å². The van der Waals surface area contributed by atoms with Gasteiger partial charge in [0.2, 0.25) is 0 Å². The molecule has 4 heteroatoms. The van der Waals surface area contributed by atoms with Crippen molar-refractivity contribution in [3.05, 3.63) is 29.8 Å². The third-order valence-corrected chi connectivity index (χ3v) is 4.45. The first-order chi connectivity index (χ1) is 8.07. The van der Waals surface area contributed by atoms with E-state index in [0.29, 0.717) is 11.5 Å². The van der Waals surface area contributed by atoms with Gasteiger partial charge in [0.15, 0.2) is 0 Å². The second kappa shape index (κ2) is 6.28. The van der Waals surface area contributed by atoms with Crippen LogP contribution in [0.2, 0.25) is 0 Å². The summed E-state index contributed by atoms with van der Waals surface area (Å²) in [6.07, 6.45) is 0. The fourth-order valence-corrected chi connectivity index (χ4v) is 2.97. The molecule has 0 bridgehead atoms. The van der Waals surface area contributed by atoms with Crippen molar-refractivity contribution >= 4 is 16.3 Å². The number of benzene rings is 1. The van der Waals surface area contributed by atoms with Crippen molar-refractivity contribution in [1.82, 2.24) is 0 Å². The van der Waals surface area contributed by atoms with Gasteiger partial charge in [0, 0.05) is 18.8 Å². The van der Waals surface area contributed by atoms with Crippen LogP contribution < -0.4 is 4.90 Å². The molecule has 0 amide bonds. The molecule has 0 saturated carbocycles. The third kappa shape index (κ3) is 4.22. The summed E-state index contributed by atoms with van der Waals surface area (Å²) in [7, 11) is -2.27. The lowest BCUT2D eigenvalue weighted by atomic mass is 10.2. The molecule has 3 nitrogen and oxygen atoms in total. The highest BCUT2D eigenvalue weighted by atomic mass is 32.3.